The number of hydrogen-bond acceptors (Lipinski definition) is 8. The summed E-state index contributed by atoms with van der Waals surface area (Å²) in [4.78, 5) is 61.8. The number of ether oxygens (including phenoxy) is 2. The van der Waals surface area contributed by atoms with Gasteiger partial charge in [-0.3, -0.25) is 29.8 Å². The predicted molar refractivity (Wildman–Crippen MR) is 153 cm³/mol. The Morgan fingerprint density at radius 2 is 1.83 bits per heavy atom. The van der Waals surface area contributed by atoms with Crippen molar-refractivity contribution in [1.82, 2.24) is 5.32 Å². The van der Waals surface area contributed by atoms with Gasteiger partial charge >= 0.3 is 6.03 Å². The summed E-state index contributed by atoms with van der Waals surface area (Å²) in [5.41, 5.74) is 1.42. The van der Waals surface area contributed by atoms with Gasteiger partial charge in [0.15, 0.2) is 18.1 Å². The second-order valence-corrected chi connectivity index (χ2v) is 9.56. The van der Waals surface area contributed by atoms with Gasteiger partial charge in [0.2, 0.25) is 0 Å². The van der Waals surface area contributed by atoms with Crippen molar-refractivity contribution in [3.05, 3.63) is 92.0 Å². The maximum absolute atomic E-state index is 13.2. The standard InChI is InChI=1S/C28H23BrN4O8/c1-3-40-23-14-17(13-22(29)25(23)41-15-24(34)30-18-6-4-5-16(2)11-18)12-21-26(35)31-28(37)32(27(21)36)19-7-9-20(10-8-19)33(38)39/h4-14H,3,15H2,1-2H3,(H,30,34)(H,31,35,37)/b21-12+. The number of nitro groups is 1. The number of barbiturate groups is 1. The summed E-state index contributed by atoms with van der Waals surface area (Å²) in [5, 5.41) is 15.8. The Morgan fingerprint density at radius 3 is 2.49 bits per heavy atom. The van der Waals surface area contributed by atoms with Gasteiger partial charge in [0.05, 0.1) is 21.7 Å². The quantitative estimate of drug-likeness (QED) is 0.150. The Kier molecular flexibility index (Phi) is 8.78. The zero-order valence-electron chi connectivity index (χ0n) is 21.8. The zero-order chi connectivity index (χ0) is 29.7. The second kappa shape index (κ2) is 12.4. The summed E-state index contributed by atoms with van der Waals surface area (Å²) in [6.07, 6.45) is 1.27. The number of carbonyl (C=O) groups excluding carboxylic acids is 4. The highest BCUT2D eigenvalue weighted by molar-refractivity contribution is 9.10. The number of nitrogens with zero attached hydrogens (tertiary/aromatic N) is 2. The van der Waals surface area contributed by atoms with Crippen LogP contribution in [0.15, 0.2) is 70.7 Å². The Hall–Kier alpha value is -5.04. The zero-order valence-corrected chi connectivity index (χ0v) is 23.4. The highest BCUT2D eigenvalue weighted by atomic mass is 79.9. The minimum absolute atomic E-state index is 0.0420. The molecule has 0 bridgehead atoms. The van der Waals surface area contributed by atoms with Crippen molar-refractivity contribution in [2.24, 2.45) is 0 Å². The summed E-state index contributed by atoms with van der Waals surface area (Å²) in [7, 11) is 0. The number of hydrogen-bond donors (Lipinski definition) is 2. The van der Waals surface area contributed by atoms with Gasteiger partial charge in [0.1, 0.15) is 5.57 Å². The van der Waals surface area contributed by atoms with Crippen molar-refractivity contribution < 1.29 is 33.6 Å². The molecule has 0 spiro atoms. The monoisotopic (exact) mass is 622 g/mol. The van der Waals surface area contributed by atoms with Crippen molar-refractivity contribution in [2.75, 3.05) is 23.4 Å². The Labute approximate surface area is 242 Å². The number of nitrogens with one attached hydrogen (secondary N) is 2. The van der Waals surface area contributed by atoms with Crippen LogP contribution < -0.4 is 25.0 Å². The van der Waals surface area contributed by atoms with Gasteiger partial charge < -0.3 is 14.8 Å². The van der Waals surface area contributed by atoms with Crippen LogP contribution in [-0.4, -0.2) is 41.9 Å². The number of non-ortho nitro benzene ring substituents is 1. The average molecular weight is 623 g/mol. The minimum Gasteiger partial charge on any atom is -0.490 e. The molecule has 1 heterocycles. The van der Waals surface area contributed by atoms with Crippen molar-refractivity contribution in [2.45, 2.75) is 13.8 Å². The first-order valence-corrected chi connectivity index (χ1v) is 13.0. The molecule has 0 unspecified atom stereocenters. The van der Waals surface area contributed by atoms with E-state index in [0.717, 1.165) is 17.7 Å². The Balaban J connectivity index is 1.58. The van der Waals surface area contributed by atoms with Crippen LogP contribution in [0, 0.1) is 17.0 Å². The van der Waals surface area contributed by atoms with E-state index < -0.39 is 28.7 Å². The first-order chi connectivity index (χ1) is 19.6. The average Bonchev–Trinajstić information content (AvgIpc) is 2.91. The molecule has 0 aliphatic carbocycles. The molecule has 3 aromatic rings. The van der Waals surface area contributed by atoms with Crippen molar-refractivity contribution in [3.8, 4) is 11.5 Å². The first kappa shape index (κ1) is 29.0. The second-order valence-electron chi connectivity index (χ2n) is 8.70. The molecule has 210 valence electrons. The van der Waals surface area contributed by atoms with Crippen molar-refractivity contribution in [3.63, 3.8) is 0 Å². The van der Waals surface area contributed by atoms with Crippen molar-refractivity contribution >= 4 is 62.8 Å². The van der Waals surface area contributed by atoms with E-state index in [2.05, 4.69) is 26.6 Å². The SMILES string of the molecule is CCOc1cc(/C=C2\C(=O)NC(=O)N(c3ccc([N+](=O)[O-])cc3)C2=O)cc(Br)c1OCC(=O)Nc1cccc(C)c1. The van der Waals surface area contributed by atoms with Crippen LogP contribution >= 0.6 is 15.9 Å². The van der Waals surface area contributed by atoms with E-state index in [9.17, 15) is 29.3 Å². The molecule has 41 heavy (non-hydrogen) atoms. The van der Waals surface area contributed by atoms with Crippen LogP contribution in [0.3, 0.4) is 0 Å². The van der Waals surface area contributed by atoms with Gasteiger partial charge in [-0.1, -0.05) is 12.1 Å². The van der Waals surface area contributed by atoms with E-state index in [1.165, 1.54) is 24.3 Å². The van der Waals surface area contributed by atoms with Crippen LogP contribution in [0.25, 0.3) is 6.08 Å². The molecule has 1 fully saturated rings. The predicted octanol–water partition coefficient (Wildman–Crippen LogP) is 4.75. The fourth-order valence-corrected chi connectivity index (χ4v) is 4.49. The van der Waals surface area contributed by atoms with Crippen LogP contribution in [0.2, 0.25) is 0 Å². The van der Waals surface area contributed by atoms with Gasteiger partial charge in [-0.25, -0.2) is 9.69 Å². The number of amides is 5. The Morgan fingerprint density at radius 1 is 1.10 bits per heavy atom. The van der Waals surface area contributed by atoms with Crippen LogP contribution in [0.5, 0.6) is 11.5 Å². The molecule has 5 amide bonds. The highest BCUT2D eigenvalue weighted by Crippen LogP contribution is 2.38. The molecule has 1 aliphatic heterocycles. The molecule has 2 N–H and O–H groups in total. The third-order valence-electron chi connectivity index (χ3n) is 5.71. The largest absolute Gasteiger partial charge is 0.490 e. The number of halogens is 1. The molecule has 3 aromatic carbocycles. The Bertz CT molecular complexity index is 1590. The molecule has 1 aliphatic rings. The molecule has 0 aromatic heterocycles. The van der Waals surface area contributed by atoms with E-state index in [1.54, 1.807) is 19.1 Å². The molecular weight excluding hydrogens is 600 g/mol. The lowest BCUT2D eigenvalue weighted by molar-refractivity contribution is -0.384. The van der Waals surface area contributed by atoms with Gasteiger partial charge in [-0.15, -0.1) is 0 Å². The van der Waals surface area contributed by atoms with Crippen LogP contribution in [0.4, 0.5) is 21.9 Å². The van der Waals surface area contributed by atoms with E-state index in [1.807, 2.05) is 25.1 Å². The molecule has 0 radical (unpaired) electrons. The summed E-state index contributed by atoms with van der Waals surface area (Å²) >= 11 is 3.40. The molecule has 12 nitrogen and oxygen atoms in total. The number of urea groups is 1. The molecule has 1 saturated heterocycles. The van der Waals surface area contributed by atoms with Crippen LogP contribution in [-0.2, 0) is 14.4 Å². The van der Waals surface area contributed by atoms with Gasteiger partial charge in [0.25, 0.3) is 23.4 Å². The summed E-state index contributed by atoms with van der Waals surface area (Å²) < 4.78 is 11.8. The van der Waals surface area contributed by atoms with Crippen LogP contribution in [0.1, 0.15) is 18.1 Å². The highest BCUT2D eigenvalue weighted by Gasteiger charge is 2.37. The fourth-order valence-electron chi connectivity index (χ4n) is 3.91. The topological polar surface area (TPSA) is 157 Å². The third-order valence-corrected chi connectivity index (χ3v) is 6.30. The first-order valence-electron chi connectivity index (χ1n) is 12.2. The van der Waals surface area contributed by atoms with Gasteiger partial charge in [-0.2, -0.15) is 0 Å². The fraction of sp³-hybridized carbons (Fsp3) is 0.143. The molecule has 4 rings (SSSR count). The lowest BCUT2D eigenvalue weighted by Gasteiger charge is -2.26. The summed E-state index contributed by atoms with van der Waals surface area (Å²) in [5.74, 6) is -1.76. The molecular formula is C28H23BrN4O8. The smallest absolute Gasteiger partial charge is 0.335 e. The molecule has 0 saturated carbocycles. The van der Waals surface area contributed by atoms with E-state index in [-0.39, 0.29) is 41.7 Å². The maximum Gasteiger partial charge on any atom is 0.335 e. The minimum atomic E-state index is -0.991. The lowest BCUT2D eigenvalue weighted by Crippen LogP contribution is -2.54. The van der Waals surface area contributed by atoms with E-state index in [4.69, 9.17) is 9.47 Å². The number of nitro benzene ring substituents is 1. The van der Waals surface area contributed by atoms with Crippen molar-refractivity contribution in [1.29, 1.82) is 0 Å². The maximum atomic E-state index is 13.2. The molecule has 0 atom stereocenters. The normalized spacial score (nSPS) is 14.1. The van der Waals surface area contributed by atoms with E-state index >= 15 is 0 Å². The van der Waals surface area contributed by atoms with Gasteiger partial charge in [0, 0.05) is 17.8 Å². The lowest BCUT2D eigenvalue weighted by atomic mass is 10.1. The number of benzene rings is 3. The summed E-state index contributed by atoms with van der Waals surface area (Å²) in [6, 6.07) is 14.1. The van der Waals surface area contributed by atoms with E-state index in [0.29, 0.717) is 20.6 Å². The molecule has 13 heteroatoms. The number of anilines is 2. The van der Waals surface area contributed by atoms with Gasteiger partial charge in [-0.05, 0) is 83.4 Å². The number of aryl methyl sites for hydroxylation is 1. The third kappa shape index (κ3) is 6.76. The number of carbonyl (C=O) groups is 4. The number of rotatable bonds is 9. The number of imide groups is 2. The summed E-state index contributed by atoms with van der Waals surface area (Å²) in [6.45, 7) is 3.59.